The van der Waals surface area contributed by atoms with Gasteiger partial charge in [-0.2, -0.15) is 5.10 Å². The van der Waals surface area contributed by atoms with Crippen molar-refractivity contribution in [2.24, 2.45) is 10.1 Å². The van der Waals surface area contributed by atoms with Crippen LogP contribution in [0.1, 0.15) is 32.6 Å². The van der Waals surface area contributed by atoms with Crippen LogP contribution in [-0.4, -0.2) is 46.7 Å². The van der Waals surface area contributed by atoms with Gasteiger partial charge in [-0.1, -0.05) is 18.2 Å². The first kappa shape index (κ1) is 21.8. The number of aliphatic carboxylic acids is 1. The van der Waals surface area contributed by atoms with Gasteiger partial charge in [-0.25, -0.2) is 14.8 Å². The van der Waals surface area contributed by atoms with Gasteiger partial charge in [-0.15, -0.1) is 6.58 Å². The molecular formula is C19H24N4O4. The molecule has 0 radical (unpaired) electrons. The molecule has 1 heterocycles. The standard InChI is InChI=1S/C19H24N4O4/c1-5-7-15(9-6-8-13(2)10-11-24)22-18(25)17-12-16(19(26)27)21-14(3)23(17)20-4/h5,10-12,15H,1,3-4,6-9H2,2H3,(H,22,25)(H,26,27)/b13-10+. The number of hydrogen-bond donors (Lipinski definition) is 2. The Morgan fingerprint density at radius 3 is 2.74 bits per heavy atom. The summed E-state index contributed by atoms with van der Waals surface area (Å²) in [5, 5.41) is 16.8. The van der Waals surface area contributed by atoms with Crippen LogP contribution < -0.4 is 5.32 Å². The molecule has 0 bridgehead atoms. The van der Waals surface area contributed by atoms with E-state index in [-0.39, 0.29) is 23.3 Å². The maximum absolute atomic E-state index is 12.7. The first-order valence-electron chi connectivity index (χ1n) is 8.36. The van der Waals surface area contributed by atoms with E-state index in [4.69, 9.17) is 5.11 Å². The SMILES string of the molecule is C=CCC(CCC/C(C)=C/C=O)NC(=O)C1=CC(C(=O)O)=NC(=C)N1N=C. The molecule has 1 unspecified atom stereocenters. The summed E-state index contributed by atoms with van der Waals surface area (Å²) < 4.78 is 0. The highest BCUT2D eigenvalue weighted by Crippen LogP contribution is 2.20. The molecule has 0 aromatic carbocycles. The summed E-state index contributed by atoms with van der Waals surface area (Å²) in [6, 6.07) is -0.202. The number of aliphatic imine (C=N–C) groups is 1. The Morgan fingerprint density at radius 2 is 2.19 bits per heavy atom. The van der Waals surface area contributed by atoms with E-state index < -0.39 is 11.9 Å². The van der Waals surface area contributed by atoms with Gasteiger partial charge in [-0.05, 0) is 38.7 Å². The van der Waals surface area contributed by atoms with Gasteiger partial charge in [0.15, 0.2) is 5.71 Å². The van der Waals surface area contributed by atoms with E-state index >= 15 is 0 Å². The molecule has 0 saturated carbocycles. The van der Waals surface area contributed by atoms with Crippen molar-refractivity contribution >= 4 is 30.6 Å². The zero-order chi connectivity index (χ0) is 20.4. The number of nitrogens with one attached hydrogen (secondary N) is 1. The third-order valence-corrected chi connectivity index (χ3v) is 3.85. The molecule has 1 rings (SSSR count). The molecule has 0 fully saturated rings. The van der Waals surface area contributed by atoms with Crippen molar-refractivity contribution in [3.63, 3.8) is 0 Å². The highest BCUT2D eigenvalue weighted by Gasteiger charge is 2.27. The van der Waals surface area contributed by atoms with Gasteiger partial charge < -0.3 is 10.4 Å². The minimum absolute atomic E-state index is 0.00931. The summed E-state index contributed by atoms with van der Waals surface area (Å²) >= 11 is 0. The number of nitrogens with zero attached hydrogens (tertiary/aromatic N) is 3. The van der Waals surface area contributed by atoms with Gasteiger partial charge in [0.1, 0.15) is 17.8 Å². The molecule has 1 amide bonds. The van der Waals surface area contributed by atoms with Crippen molar-refractivity contribution in [1.29, 1.82) is 0 Å². The molecule has 0 saturated heterocycles. The molecule has 1 aliphatic rings. The predicted octanol–water partition coefficient (Wildman–Crippen LogP) is 2.17. The number of carbonyl (C=O) groups is 3. The van der Waals surface area contributed by atoms with Gasteiger partial charge in [0.05, 0.1) is 0 Å². The number of hydrogen-bond acceptors (Lipinski definition) is 6. The summed E-state index contributed by atoms with van der Waals surface area (Å²) in [5.41, 5.74) is 0.637. The van der Waals surface area contributed by atoms with Crippen LogP contribution in [0.4, 0.5) is 0 Å². The van der Waals surface area contributed by atoms with E-state index in [2.05, 4.69) is 35.3 Å². The Hall–Kier alpha value is -3.29. The van der Waals surface area contributed by atoms with Crippen molar-refractivity contribution in [1.82, 2.24) is 10.3 Å². The van der Waals surface area contributed by atoms with Gasteiger partial charge >= 0.3 is 5.97 Å². The second kappa shape index (κ2) is 10.6. The zero-order valence-corrected chi connectivity index (χ0v) is 15.4. The molecule has 1 atom stereocenters. The molecule has 27 heavy (non-hydrogen) atoms. The minimum atomic E-state index is -1.27. The average Bonchev–Trinajstić information content (AvgIpc) is 2.61. The number of carbonyl (C=O) groups excluding carboxylic acids is 2. The lowest BCUT2D eigenvalue weighted by Crippen LogP contribution is -2.40. The fraction of sp³-hybridized carbons (Fsp3) is 0.316. The Kier molecular flexibility index (Phi) is 8.58. The molecule has 2 N–H and O–H groups in total. The second-order valence-corrected chi connectivity index (χ2v) is 5.94. The Bertz CT molecular complexity index is 734. The summed E-state index contributed by atoms with van der Waals surface area (Å²) in [7, 11) is 0. The number of allylic oxidation sites excluding steroid dienone is 2. The largest absolute Gasteiger partial charge is 0.477 e. The maximum Gasteiger partial charge on any atom is 0.354 e. The molecule has 1 aliphatic heterocycles. The van der Waals surface area contributed by atoms with Crippen molar-refractivity contribution in [2.75, 3.05) is 0 Å². The fourth-order valence-electron chi connectivity index (χ4n) is 2.51. The third kappa shape index (κ3) is 6.50. The van der Waals surface area contributed by atoms with Crippen molar-refractivity contribution in [3.8, 4) is 0 Å². The van der Waals surface area contributed by atoms with Crippen LogP contribution in [-0.2, 0) is 14.4 Å². The quantitative estimate of drug-likeness (QED) is 0.250. The summed E-state index contributed by atoms with van der Waals surface area (Å²) in [6.45, 7) is 12.5. The van der Waals surface area contributed by atoms with Gasteiger partial charge in [0.2, 0.25) is 0 Å². The molecule has 8 nitrogen and oxygen atoms in total. The number of amides is 1. The van der Waals surface area contributed by atoms with Crippen LogP contribution in [0.15, 0.2) is 58.6 Å². The van der Waals surface area contributed by atoms with Crippen LogP contribution in [0, 0.1) is 0 Å². The van der Waals surface area contributed by atoms with E-state index in [9.17, 15) is 14.4 Å². The Morgan fingerprint density at radius 1 is 1.48 bits per heavy atom. The van der Waals surface area contributed by atoms with E-state index in [1.807, 2.05) is 6.92 Å². The van der Waals surface area contributed by atoms with Crippen LogP contribution in [0.3, 0.4) is 0 Å². The summed E-state index contributed by atoms with van der Waals surface area (Å²) in [5.74, 6) is -1.79. The molecule has 0 aromatic rings. The van der Waals surface area contributed by atoms with Crippen molar-refractivity contribution < 1.29 is 19.5 Å². The van der Waals surface area contributed by atoms with E-state index in [1.54, 1.807) is 6.08 Å². The maximum atomic E-state index is 12.7. The lowest BCUT2D eigenvalue weighted by molar-refractivity contribution is -0.129. The van der Waals surface area contributed by atoms with Crippen LogP contribution >= 0.6 is 0 Å². The number of carboxylic acid groups (broad SMARTS) is 1. The number of aldehydes is 1. The number of hydrazone groups is 1. The van der Waals surface area contributed by atoms with Gasteiger partial charge in [0.25, 0.3) is 5.91 Å². The molecule has 0 aromatic heterocycles. The van der Waals surface area contributed by atoms with E-state index in [1.165, 1.54) is 6.08 Å². The summed E-state index contributed by atoms with van der Waals surface area (Å²) in [4.78, 5) is 38.1. The normalized spacial score (nSPS) is 15.4. The van der Waals surface area contributed by atoms with Crippen molar-refractivity contribution in [2.45, 2.75) is 38.6 Å². The zero-order valence-electron chi connectivity index (χ0n) is 15.4. The number of rotatable bonds is 11. The highest BCUT2D eigenvalue weighted by molar-refractivity contribution is 6.41. The first-order chi connectivity index (χ1) is 12.8. The van der Waals surface area contributed by atoms with Crippen molar-refractivity contribution in [3.05, 3.63) is 48.5 Å². The third-order valence-electron chi connectivity index (χ3n) is 3.85. The van der Waals surface area contributed by atoms with Gasteiger partial charge in [0, 0.05) is 18.8 Å². The lowest BCUT2D eigenvalue weighted by atomic mass is 10.0. The van der Waals surface area contributed by atoms with Crippen LogP contribution in [0.5, 0.6) is 0 Å². The molecule has 144 valence electrons. The summed E-state index contributed by atoms with van der Waals surface area (Å²) in [6.07, 6.45) is 7.79. The van der Waals surface area contributed by atoms with Gasteiger partial charge in [-0.3, -0.25) is 9.59 Å². The Labute approximate surface area is 158 Å². The fourth-order valence-corrected chi connectivity index (χ4v) is 2.51. The monoisotopic (exact) mass is 372 g/mol. The number of carboxylic acids is 1. The molecule has 8 heteroatoms. The highest BCUT2D eigenvalue weighted by atomic mass is 16.4. The van der Waals surface area contributed by atoms with Crippen LogP contribution in [0.25, 0.3) is 0 Å². The second-order valence-electron chi connectivity index (χ2n) is 5.94. The van der Waals surface area contributed by atoms with E-state index in [0.29, 0.717) is 12.8 Å². The molecule has 0 aliphatic carbocycles. The predicted molar refractivity (Wildman–Crippen MR) is 104 cm³/mol. The smallest absolute Gasteiger partial charge is 0.354 e. The minimum Gasteiger partial charge on any atom is -0.477 e. The average molecular weight is 372 g/mol. The Balaban J connectivity index is 2.88. The molecule has 0 spiro atoms. The topological polar surface area (TPSA) is 111 Å². The van der Waals surface area contributed by atoms with E-state index in [0.717, 1.165) is 35.8 Å². The lowest BCUT2D eigenvalue weighted by Gasteiger charge is -2.26. The molecular weight excluding hydrogens is 348 g/mol. The van der Waals surface area contributed by atoms with Crippen LogP contribution in [0.2, 0.25) is 0 Å². The first-order valence-corrected chi connectivity index (χ1v) is 8.36.